The molecule has 0 radical (unpaired) electrons. The van der Waals surface area contributed by atoms with Gasteiger partial charge in [-0.3, -0.25) is 10.1 Å². The standard InChI is InChI=1S/C11H16ClN3O4S/c1-2-3-8(7-13)14-20(18,19)9-4-5-10(12)11(6-9)15(16)17/h4-6,8,14H,2-3,7,13H2,1H3. The maximum Gasteiger partial charge on any atom is 0.289 e. The van der Waals surface area contributed by atoms with E-state index in [1.807, 2.05) is 6.92 Å². The average Bonchev–Trinajstić information content (AvgIpc) is 2.37. The summed E-state index contributed by atoms with van der Waals surface area (Å²) >= 11 is 5.65. The molecular formula is C11H16ClN3O4S. The zero-order valence-electron chi connectivity index (χ0n) is 10.9. The second-order valence-corrected chi connectivity index (χ2v) is 6.33. The second-order valence-electron chi connectivity index (χ2n) is 4.21. The molecule has 0 aliphatic heterocycles. The first kappa shape index (κ1) is 16.8. The molecule has 0 heterocycles. The first-order valence-electron chi connectivity index (χ1n) is 5.98. The minimum absolute atomic E-state index is 0.113. The molecule has 1 unspecified atom stereocenters. The number of nitrogens with one attached hydrogen (secondary N) is 1. The maximum absolute atomic E-state index is 12.1. The van der Waals surface area contributed by atoms with Crippen molar-refractivity contribution in [2.75, 3.05) is 6.54 Å². The van der Waals surface area contributed by atoms with Gasteiger partial charge in [0, 0.05) is 18.7 Å². The van der Waals surface area contributed by atoms with Crippen LogP contribution in [-0.2, 0) is 10.0 Å². The van der Waals surface area contributed by atoms with E-state index in [-0.39, 0.29) is 16.5 Å². The molecule has 7 nitrogen and oxygen atoms in total. The van der Waals surface area contributed by atoms with Crippen molar-refractivity contribution in [1.29, 1.82) is 0 Å². The van der Waals surface area contributed by atoms with Gasteiger partial charge in [0.15, 0.2) is 0 Å². The lowest BCUT2D eigenvalue weighted by Crippen LogP contribution is -2.40. The summed E-state index contributed by atoms with van der Waals surface area (Å²) in [7, 11) is -3.86. The van der Waals surface area contributed by atoms with Crippen molar-refractivity contribution < 1.29 is 13.3 Å². The smallest absolute Gasteiger partial charge is 0.289 e. The number of rotatable bonds is 7. The normalized spacial score (nSPS) is 13.2. The fraction of sp³-hybridized carbons (Fsp3) is 0.455. The molecule has 1 atom stereocenters. The Morgan fingerprint density at radius 2 is 2.15 bits per heavy atom. The van der Waals surface area contributed by atoms with E-state index in [1.54, 1.807) is 0 Å². The predicted octanol–water partition coefficient (Wildman–Crippen LogP) is 1.65. The Morgan fingerprint density at radius 1 is 1.50 bits per heavy atom. The summed E-state index contributed by atoms with van der Waals surface area (Å²) in [6.45, 7) is 2.06. The molecule has 0 aliphatic carbocycles. The van der Waals surface area contributed by atoms with E-state index < -0.39 is 26.7 Å². The van der Waals surface area contributed by atoms with E-state index >= 15 is 0 Å². The molecule has 3 N–H and O–H groups in total. The highest BCUT2D eigenvalue weighted by atomic mass is 35.5. The highest BCUT2D eigenvalue weighted by Gasteiger charge is 2.22. The predicted molar refractivity (Wildman–Crippen MR) is 76.2 cm³/mol. The third-order valence-corrected chi connectivity index (χ3v) is 4.51. The minimum atomic E-state index is -3.86. The summed E-state index contributed by atoms with van der Waals surface area (Å²) in [4.78, 5) is 9.83. The fourth-order valence-electron chi connectivity index (χ4n) is 1.66. The summed E-state index contributed by atoms with van der Waals surface area (Å²) in [5.74, 6) is 0. The number of halogens is 1. The molecule has 0 amide bonds. The Hall–Kier alpha value is -1.22. The molecule has 9 heteroatoms. The van der Waals surface area contributed by atoms with Gasteiger partial charge in [0.25, 0.3) is 5.69 Å². The van der Waals surface area contributed by atoms with Crippen LogP contribution in [0.15, 0.2) is 23.1 Å². The van der Waals surface area contributed by atoms with E-state index in [0.29, 0.717) is 6.42 Å². The lowest BCUT2D eigenvalue weighted by molar-refractivity contribution is -0.384. The van der Waals surface area contributed by atoms with Crippen molar-refractivity contribution in [2.24, 2.45) is 5.73 Å². The fourth-order valence-corrected chi connectivity index (χ4v) is 3.15. The number of hydrogen-bond acceptors (Lipinski definition) is 5. The molecule has 0 spiro atoms. The van der Waals surface area contributed by atoms with Crippen molar-refractivity contribution in [1.82, 2.24) is 4.72 Å². The van der Waals surface area contributed by atoms with Crippen molar-refractivity contribution in [3.05, 3.63) is 33.3 Å². The first-order chi connectivity index (χ1) is 9.31. The zero-order chi connectivity index (χ0) is 15.3. The highest BCUT2D eigenvalue weighted by molar-refractivity contribution is 7.89. The Balaban J connectivity index is 3.09. The summed E-state index contributed by atoms with van der Waals surface area (Å²) < 4.78 is 26.7. The lowest BCUT2D eigenvalue weighted by Gasteiger charge is -2.16. The second kappa shape index (κ2) is 6.98. The van der Waals surface area contributed by atoms with Gasteiger partial charge in [-0.05, 0) is 18.6 Å². The largest absolute Gasteiger partial charge is 0.329 e. The molecule has 1 rings (SSSR count). The Morgan fingerprint density at radius 3 is 2.65 bits per heavy atom. The van der Waals surface area contributed by atoms with Crippen LogP contribution < -0.4 is 10.5 Å². The van der Waals surface area contributed by atoms with Crippen molar-refractivity contribution in [3.8, 4) is 0 Å². The number of benzene rings is 1. The molecule has 0 saturated heterocycles. The van der Waals surface area contributed by atoms with Crippen LogP contribution in [0.3, 0.4) is 0 Å². The van der Waals surface area contributed by atoms with Crippen molar-refractivity contribution in [2.45, 2.75) is 30.7 Å². The summed E-state index contributed by atoms with van der Waals surface area (Å²) in [6.07, 6.45) is 1.36. The van der Waals surface area contributed by atoms with E-state index in [1.165, 1.54) is 12.1 Å². The van der Waals surface area contributed by atoms with Gasteiger partial charge in [0.1, 0.15) is 5.02 Å². The van der Waals surface area contributed by atoms with Gasteiger partial charge < -0.3 is 5.73 Å². The lowest BCUT2D eigenvalue weighted by atomic mass is 10.2. The Kier molecular flexibility index (Phi) is 5.88. The van der Waals surface area contributed by atoms with E-state index in [4.69, 9.17) is 17.3 Å². The van der Waals surface area contributed by atoms with E-state index in [9.17, 15) is 18.5 Å². The monoisotopic (exact) mass is 321 g/mol. The number of nitro groups is 1. The van der Waals surface area contributed by atoms with Gasteiger partial charge in [0.05, 0.1) is 9.82 Å². The molecule has 0 fully saturated rings. The van der Waals surface area contributed by atoms with Crippen LogP contribution >= 0.6 is 11.6 Å². The number of hydrogen-bond donors (Lipinski definition) is 2. The van der Waals surface area contributed by atoms with Gasteiger partial charge in [-0.2, -0.15) is 0 Å². The molecule has 0 aromatic heterocycles. The quantitative estimate of drug-likeness (QED) is 0.585. The third kappa shape index (κ3) is 4.14. The molecule has 20 heavy (non-hydrogen) atoms. The molecule has 1 aromatic rings. The summed E-state index contributed by atoms with van der Waals surface area (Å²) in [5.41, 5.74) is 5.04. The topological polar surface area (TPSA) is 115 Å². The molecule has 1 aromatic carbocycles. The molecule has 112 valence electrons. The van der Waals surface area contributed by atoms with Crippen molar-refractivity contribution >= 4 is 27.3 Å². The zero-order valence-corrected chi connectivity index (χ0v) is 12.4. The van der Waals surface area contributed by atoms with Gasteiger partial charge in [0.2, 0.25) is 10.0 Å². The van der Waals surface area contributed by atoms with Gasteiger partial charge in [-0.1, -0.05) is 24.9 Å². The molecule has 0 bridgehead atoms. The molecule has 0 saturated carbocycles. The number of nitrogens with zero attached hydrogens (tertiary/aromatic N) is 1. The third-order valence-electron chi connectivity index (χ3n) is 2.67. The van der Waals surface area contributed by atoms with E-state index in [0.717, 1.165) is 12.5 Å². The highest BCUT2D eigenvalue weighted by Crippen LogP contribution is 2.27. The minimum Gasteiger partial charge on any atom is -0.329 e. The summed E-state index contributed by atoms with van der Waals surface area (Å²) in [5, 5.41) is 10.7. The Bertz CT molecular complexity index is 591. The SMILES string of the molecule is CCCC(CN)NS(=O)(=O)c1ccc(Cl)c([N+](=O)[O-])c1. The number of nitro benzene ring substituents is 1. The van der Waals surface area contributed by atoms with Crippen LogP contribution in [0.2, 0.25) is 5.02 Å². The van der Waals surface area contributed by atoms with Crippen LogP contribution in [0.5, 0.6) is 0 Å². The van der Waals surface area contributed by atoms with Gasteiger partial charge in [-0.15, -0.1) is 0 Å². The van der Waals surface area contributed by atoms with Crippen molar-refractivity contribution in [3.63, 3.8) is 0 Å². The van der Waals surface area contributed by atoms with E-state index in [2.05, 4.69) is 4.72 Å². The summed E-state index contributed by atoms with van der Waals surface area (Å²) in [6, 6.07) is 2.94. The number of sulfonamides is 1. The van der Waals surface area contributed by atoms with Gasteiger partial charge >= 0.3 is 0 Å². The first-order valence-corrected chi connectivity index (χ1v) is 7.84. The van der Waals surface area contributed by atoms with Crippen LogP contribution in [0, 0.1) is 10.1 Å². The van der Waals surface area contributed by atoms with Gasteiger partial charge in [-0.25, -0.2) is 13.1 Å². The Labute approximate surface area is 122 Å². The number of nitrogens with two attached hydrogens (primary N) is 1. The van der Waals surface area contributed by atoms with Crippen LogP contribution in [-0.4, -0.2) is 25.9 Å². The molecular weight excluding hydrogens is 306 g/mol. The van der Waals surface area contributed by atoms with Crippen LogP contribution in [0.25, 0.3) is 0 Å². The van der Waals surface area contributed by atoms with Crippen LogP contribution in [0.1, 0.15) is 19.8 Å². The average molecular weight is 322 g/mol. The maximum atomic E-state index is 12.1. The van der Waals surface area contributed by atoms with Crippen LogP contribution in [0.4, 0.5) is 5.69 Å². The molecule has 0 aliphatic rings.